The quantitative estimate of drug-likeness (QED) is 0.838. The summed E-state index contributed by atoms with van der Waals surface area (Å²) in [5, 5.41) is 13.3. The Kier molecular flexibility index (Phi) is 5.96. The van der Waals surface area contributed by atoms with E-state index in [-0.39, 0.29) is 18.2 Å². The largest absolute Gasteiger partial charge is 0.388 e. The molecule has 2 N–H and O–H groups in total. The molecule has 1 aliphatic rings. The first kappa shape index (κ1) is 18.4. The monoisotopic (exact) mass is 333 g/mol. The Morgan fingerprint density at radius 2 is 2.04 bits per heavy atom. The topological polar surface area (TPSA) is 72.9 Å². The molecule has 1 heterocycles. The predicted octanol–water partition coefficient (Wildman–Crippen LogP) is 0.851. The van der Waals surface area contributed by atoms with E-state index in [1.54, 1.807) is 26.0 Å². The molecule has 1 fully saturated rings. The molecule has 1 aliphatic heterocycles. The van der Waals surface area contributed by atoms with Crippen LogP contribution in [-0.4, -0.2) is 66.6 Å². The van der Waals surface area contributed by atoms with Crippen LogP contribution in [0.5, 0.6) is 0 Å². The van der Waals surface area contributed by atoms with Gasteiger partial charge in [0.05, 0.1) is 12.0 Å². The van der Waals surface area contributed by atoms with E-state index in [2.05, 4.69) is 10.2 Å². The average Bonchev–Trinajstić information content (AvgIpc) is 2.54. The van der Waals surface area contributed by atoms with Crippen LogP contribution in [0.4, 0.5) is 0 Å². The van der Waals surface area contributed by atoms with Gasteiger partial charge >= 0.3 is 0 Å². The molecular formula is C18H27N3O3. The molecule has 0 aromatic heterocycles. The van der Waals surface area contributed by atoms with Gasteiger partial charge < -0.3 is 15.3 Å². The van der Waals surface area contributed by atoms with Crippen LogP contribution in [-0.2, 0) is 11.3 Å². The average molecular weight is 333 g/mol. The number of nitrogens with one attached hydrogen (secondary N) is 1. The molecule has 0 bridgehead atoms. The number of carbonyl (C=O) groups is 2. The standard InChI is InChI=1S/C18H27N3O3/c1-19-16(22)11-18(24)9-6-10-21(13-18)12-14-7-4-5-8-15(14)17(23)20(2)3/h4-5,7-8,24H,6,9-13H2,1-3H3,(H,19,22). The van der Waals surface area contributed by atoms with Gasteiger partial charge in [0.15, 0.2) is 0 Å². The molecule has 0 aliphatic carbocycles. The van der Waals surface area contributed by atoms with Gasteiger partial charge in [-0.3, -0.25) is 14.5 Å². The molecule has 2 rings (SSSR count). The van der Waals surface area contributed by atoms with Crippen molar-refractivity contribution in [1.82, 2.24) is 15.1 Å². The number of hydrogen-bond donors (Lipinski definition) is 2. The second-order valence-electron chi connectivity index (χ2n) is 6.75. The van der Waals surface area contributed by atoms with Crippen molar-refractivity contribution in [3.8, 4) is 0 Å². The van der Waals surface area contributed by atoms with Gasteiger partial charge in [-0.1, -0.05) is 18.2 Å². The summed E-state index contributed by atoms with van der Waals surface area (Å²) in [7, 11) is 5.06. The Labute approximate surface area is 143 Å². The number of β-amino-alcohol motifs (C(OH)–C–C–N with tert-alkyl or cyclic N) is 1. The summed E-state index contributed by atoms with van der Waals surface area (Å²) in [6, 6.07) is 7.56. The molecule has 1 aromatic rings. The van der Waals surface area contributed by atoms with E-state index in [4.69, 9.17) is 0 Å². The highest BCUT2D eigenvalue weighted by atomic mass is 16.3. The van der Waals surface area contributed by atoms with Crippen molar-refractivity contribution in [2.45, 2.75) is 31.4 Å². The summed E-state index contributed by atoms with van der Waals surface area (Å²) >= 11 is 0. The maximum atomic E-state index is 12.3. The zero-order valence-corrected chi connectivity index (χ0v) is 14.7. The second kappa shape index (κ2) is 7.77. The van der Waals surface area contributed by atoms with E-state index in [0.29, 0.717) is 25.1 Å². The Morgan fingerprint density at radius 1 is 1.33 bits per heavy atom. The first-order valence-electron chi connectivity index (χ1n) is 8.29. The lowest BCUT2D eigenvalue weighted by molar-refractivity contribution is -0.128. The fourth-order valence-corrected chi connectivity index (χ4v) is 3.22. The maximum absolute atomic E-state index is 12.3. The summed E-state index contributed by atoms with van der Waals surface area (Å²) in [4.78, 5) is 27.6. The number of carbonyl (C=O) groups excluding carboxylic acids is 2. The highest BCUT2D eigenvalue weighted by Crippen LogP contribution is 2.26. The van der Waals surface area contributed by atoms with E-state index in [1.165, 1.54) is 0 Å². The van der Waals surface area contributed by atoms with Crippen LogP contribution in [0.2, 0.25) is 0 Å². The third-order valence-electron chi connectivity index (χ3n) is 4.45. The highest BCUT2D eigenvalue weighted by Gasteiger charge is 2.35. The number of likely N-dealkylation sites (tertiary alicyclic amines) is 1. The third kappa shape index (κ3) is 4.55. The molecule has 1 aromatic carbocycles. The Balaban J connectivity index is 2.11. The lowest BCUT2D eigenvalue weighted by Gasteiger charge is -2.39. The summed E-state index contributed by atoms with van der Waals surface area (Å²) in [6.07, 6.45) is 1.56. The minimum absolute atomic E-state index is 0.0248. The molecule has 6 heteroatoms. The van der Waals surface area contributed by atoms with Crippen LogP contribution >= 0.6 is 0 Å². The Bertz CT molecular complexity index is 603. The highest BCUT2D eigenvalue weighted by molar-refractivity contribution is 5.95. The zero-order valence-electron chi connectivity index (χ0n) is 14.7. The van der Waals surface area contributed by atoms with E-state index < -0.39 is 5.60 Å². The van der Waals surface area contributed by atoms with E-state index in [1.807, 2.05) is 24.3 Å². The molecule has 1 saturated heterocycles. The third-order valence-corrected chi connectivity index (χ3v) is 4.45. The minimum Gasteiger partial charge on any atom is -0.388 e. The van der Waals surface area contributed by atoms with Crippen molar-refractivity contribution in [1.29, 1.82) is 0 Å². The molecule has 0 saturated carbocycles. The van der Waals surface area contributed by atoms with Crippen LogP contribution in [0.25, 0.3) is 0 Å². The summed E-state index contributed by atoms with van der Waals surface area (Å²) in [5.74, 6) is -0.175. The molecule has 1 atom stereocenters. The normalized spacial score (nSPS) is 21.3. The Morgan fingerprint density at radius 3 is 2.71 bits per heavy atom. The molecule has 0 spiro atoms. The number of rotatable bonds is 5. The van der Waals surface area contributed by atoms with Crippen LogP contribution in [0.15, 0.2) is 24.3 Å². The summed E-state index contributed by atoms with van der Waals surface area (Å²) in [5.41, 5.74) is 0.627. The van der Waals surface area contributed by atoms with Crippen molar-refractivity contribution in [3.05, 3.63) is 35.4 Å². The number of piperidine rings is 1. The van der Waals surface area contributed by atoms with Crippen molar-refractivity contribution in [3.63, 3.8) is 0 Å². The van der Waals surface area contributed by atoms with Gasteiger partial charge in [0, 0.05) is 39.8 Å². The van der Waals surface area contributed by atoms with Gasteiger partial charge in [-0.25, -0.2) is 0 Å². The molecule has 2 amide bonds. The fraction of sp³-hybridized carbons (Fsp3) is 0.556. The van der Waals surface area contributed by atoms with Crippen LogP contribution in [0.1, 0.15) is 35.2 Å². The second-order valence-corrected chi connectivity index (χ2v) is 6.75. The van der Waals surface area contributed by atoms with Crippen molar-refractivity contribution in [2.24, 2.45) is 0 Å². The van der Waals surface area contributed by atoms with Crippen LogP contribution < -0.4 is 5.32 Å². The summed E-state index contributed by atoms with van der Waals surface area (Å²) < 4.78 is 0. The molecule has 1 unspecified atom stereocenters. The predicted molar refractivity (Wildman–Crippen MR) is 92.6 cm³/mol. The Hall–Kier alpha value is -1.92. The van der Waals surface area contributed by atoms with Gasteiger partial charge in [-0.05, 0) is 31.0 Å². The minimum atomic E-state index is -1.00. The lowest BCUT2D eigenvalue weighted by atomic mass is 9.89. The van der Waals surface area contributed by atoms with Gasteiger partial charge in [-0.2, -0.15) is 0 Å². The van der Waals surface area contributed by atoms with Gasteiger partial charge in [0.2, 0.25) is 5.91 Å². The van der Waals surface area contributed by atoms with Crippen LogP contribution in [0.3, 0.4) is 0 Å². The first-order valence-corrected chi connectivity index (χ1v) is 8.29. The number of aliphatic hydroxyl groups is 1. The van der Waals surface area contributed by atoms with Gasteiger partial charge in [0.25, 0.3) is 5.91 Å². The lowest BCUT2D eigenvalue weighted by Crippen LogP contribution is -2.50. The van der Waals surface area contributed by atoms with E-state index >= 15 is 0 Å². The maximum Gasteiger partial charge on any atom is 0.253 e. The van der Waals surface area contributed by atoms with Crippen LogP contribution in [0, 0.1) is 0 Å². The molecule has 132 valence electrons. The van der Waals surface area contributed by atoms with E-state index in [9.17, 15) is 14.7 Å². The molecule has 6 nitrogen and oxygen atoms in total. The number of hydrogen-bond acceptors (Lipinski definition) is 4. The fourth-order valence-electron chi connectivity index (χ4n) is 3.22. The first-order chi connectivity index (χ1) is 11.3. The smallest absolute Gasteiger partial charge is 0.253 e. The van der Waals surface area contributed by atoms with Gasteiger partial charge in [0.1, 0.15) is 0 Å². The van der Waals surface area contributed by atoms with E-state index in [0.717, 1.165) is 18.5 Å². The number of amides is 2. The number of benzene rings is 1. The van der Waals surface area contributed by atoms with Crippen molar-refractivity contribution >= 4 is 11.8 Å². The molecule has 24 heavy (non-hydrogen) atoms. The van der Waals surface area contributed by atoms with Crippen molar-refractivity contribution < 1.29 is 14.7 Å². The molecule has 0 radical (unpaired) electrons. The summed E-state index contributed by atoms with van der Waals surface area (Å²) in [6.45, 7) is 1.87. The van der Waals surface area contributed by atoms with Crippen molar-refractivity contribution in [2.75, 3.05) is 34.2 Å². The molecular weight excluding hydrogens is 306 g/mol. The SMILES string of the molecule is CNC(=O)CC1(O)CCCN(Cc2ccccc2C(=O)N(C)C)C1. The van der Waals surface area contributed by atoms with Gasteiger partial charge in [-0.15, -0.1) is 0 Å². The zero-order chi connectivity index (χ0) is 17.7. The number of nitrogens with zero attached hydrogens (tertiary/aromatic N) is 2.